The maximum absolute atomic E-state index is 12.6. The van der Waals surface area contributed by atoms with Crippen LogP contribution >= 0.6 is 0 Å². The lowest BCUT2D eigenvalue weighted by atomic mass is 9.92. The zero-order valence-electron chi connectivity index (χ0n) is 16.5. The third kappa shape index (κ3) is 4.15. The molecule has 5 nitrogen and oxygen atoms in total. The topological polar surface area (TPSA) is 50.2 Å². The van der Waals surface area contributed by atoms with Crippen molar-refractivity contribution < 1.29 is 4.79 Å². The van der Waals surface area contributed by atoms with E-state index in [0.29, 0.717) is 18.4 Å². The minimum atomic E-state index is 0.0426. The standard InChI is InChI=1S/C21H30N4O/c1-14-6-8-19(9-7-14)25-18(5)21(17(4)23-25)22-20(26)13-24-11-15(2)10-16(3)12-24/h6-9,15-16H,10-13H2,1-5H3,(H,22,26)/t15-,16-/m0/s1. The highest BCUT2D eigenvalue weighted by molar-refractivity contribution is 5.93. The van der Waals surface area contributed by atoms with Crippen LogP contribution in [0.25, 0.3) is 5.69 Å². The van der Waals surface area contributed by atoms with Crippen molar-refractivity contribution >= 4 is 11.6 Å². The Hall–Kier alpha value is -2.14. The molecule has 1 amide bonds. The summed E-state index contributed by atoms with van der Waals surface area (Å²) in [4.78, 5) is 14.9. The summed E-state index contributed by atoms with van der Waals surface area (Å²) >= 11 is 0. The first-order valence-electron chi connectivity index (χ1n) is 9.49. The van der Waals surface area contributed by atoms with Gasteiger partial charge in [0.15, 0.2) is 0 Å². The molecule has 0 aliphatic carbocycles. The van der Waals surface area contributed by atoms with E-state index >= 15 is 0 Å². The number of likely N-dealkylation sites (tertiary alicyclic amines) is 1. The summed E-state index contributed by atoms with van der Waals surface area (Å²) in [6, 6.07) is 8.25. The lowest BCUT2D eigenvalue weighted by Gasteiger charge is -2.34. The second kappa shape index (κ2) is 7.62. The van der Waals surface area contributed by atoms with Crippen molar-refractivity contribution in [2.24, 2.45) is 11.8 Å². The number of nitrogens with zero attached hydrogens (tertiary/aromatic N) is 3. The summed E-state index contributed by atoms with van der Waals surface area (Å²) in [5.41, 5.74) is 4.86. The first-order valence-corrected chi connectivity index (χ1v) is 9.49. The van der Waals surface area contributed by atoms with Crippen molar-refractivity contribution in [1.29, 1.82) is 0 Å². The first-order chi connectivity index (χ1) is 12.3. The van der Waals surface area contributed by atoms with Crippen LogP contribution in [0.2, 0.25) is 0 Å². The molecule has 0 radical (unpaired) electrons. The average molecular weight is 354 g/mol. The third-order valence-electron chi connectivity index (χ3n) is 5.15. The number of amides is 1. The van der Waals surface area contributed by atoms with Crippen molar-refractivity contribution in [1.82, 2.24) is 14.7 Å². The van der Waals surface area contributed by atoms with Crippen molar-refractivity contribution in [3.8, 4) is 5.69 Å². The SMILES string of the molecule is Cc1ccc(-n2nc(C)c(NC(=O)CN3C[C@@H](C)C[C@H](C)C3)c2C)cc1. The predicted molar refractivity (Wildman–Crippen MR) is 106 cm³/mol. The van der Waals surface area contributed by atoms with Crippen LogP contribution in [-0.2, 0) is 4.79 Å². The van der Waals surface area contributed by atoms with E-state index in [0.717, 1.165) is 35.9 Å². The quantitative estimate of drug-likeness (QED) is 0.910. The maximum Gasteiger partial charge on any atom is 0.238 e. The Bertz CT molecular complexity index is 768. The van der Waals surface area contributed by atoms with Gasteiger partial charge in [-0.2, -0.15) is 5.10 Å². The van der Waals surface area contributed by atoms with Crippen LogP contribution in [0.5, 0.6) is 0 Å². The molecule has 140 valence electrons. The Kier molecular flexibility index (Phi) is 5.47. The predicted octanol–water partition coefficient (Wildman–Crippen LogP) is 3.71. The van der Waals surface area contributed by atoms with Crippen LogP contribution < -0.4 is 5.32 Å². The molecule has 1 fully saturated rings. The van der Waals surface area contributed by atoms with E-state index in [-0.39, 0.29) is 5.91 Å². The number of hydrogen-bond donors (Lipinski definition) is 1. The average Bonchev–Trinajstić information content (AvgIpc) is 2.83. The lowest BCUT2D eigenvalue weighted by Crippen LogP contribution is -2.42. The van der Waals surface area contributed by atoms with E-state index in [4.69, 9.17) is 0 Å². The number of piperidine rings is 1. The monoisotopic (exact) mass is 354 g/mol. The van der Waals surface area contributed by atoms with Gasteiger partial charge in [-0.3, -0.25) is 9.69 Å². The third-order valence-corrected chi connectivity index (χ3v) is 5.15. The van der Waals surface area contributed by atoms with Crippen LogP contribution in [0, 0.1) is 32.6 Å². The van der Waals surface area contributed by atoms with E-state index < -0.39 is 0 Å². The first kappa shape index (κ1) is 18.6. The molecule has 0 saturated carbocycles. The second-order valence-electron chi connectivity index (χ2n) is 7.98. The number of carbonyl (C=O) groups is 1. The highest BCUT2D eigenvalue weighted by Crippen LogP contribution is 2.24. The fourth-order valence-electron chi connectivity index (χ4n) is 4.06. The maximum atomic E-state index is 12.6. The summed E-state index contributed by atoms with van der Waals surface area (Å²) in [6.07, 6.45) is 1.25. The van der Waals surface area contributed by atoms with Crippen molar-refractivity contribution in [3.63, 3.8) is 0 Å². The summed E-state index contributed by atoms with van der Waals surface area (Å²) in [6.45, 7) is 13.0. The molecule has 1 saturated heterocycles. The molecule has 0 unspecified atom stereocenters. The minimum absolute atomic E-state index is 0.0426. The molecular formula is C21H30N4O. The molecule has 2 atom stereocenters. The Morgan fingerprint density at radius 2 is 1.73 bits per heavy atom. The van der Waals surface area contributed by atoms with E-state index in [1.54, 1.807) is 0 Å². The molecule has 26 heavy (non-hydrogen) atoms. The van der Waals surface area contributed by atoms with Crippen LogP contribution in [0.15, 0.2) is 24.3 Å². The smallest absolute Gasteiger partial charge is 0.238 e. The van der Waals surface area contributed by atoms with Gasteiger partial charge in [0, 0.05) is 13.1 Å². The van der Waals surface area contributed by atoms with Gasteiger partial charge < -0.3 is 5.32 Å². The van der Waals surface area contributed by atoms with Gasteiger partial charge in [-0.1, -0.05) is 31.5 Å². The summed E-state index contributed by atoms with van der Waals surface area (Å²) in [5, 5.41) is 7.72. The molecule has 1 aliphatic rings. The summed E-state index contributed by atoms with van der Waals surface area (Å²) in [5.74, 6) is 1.35. The zero-order chi connectivity index (χ0) is 18.8. The number of aromatic nitrogens is 2. The number of anilines is 1. The Morgan fingerprint density at radius 1 is 1.12 bits per heavy atom. The molecule has 2 aromatic rings. The lowest BCUT2D eigenvalue weighted by molar-refractivity contribution is -0.117. The number of nitrogens with one attached hydrogen (secondary N) is 1. The van der Waals surface area contributed by atoms with Gasteiger partial charge >= 0.3 is 0 Å². The van der Waals surface area contributed by atoms with Gasteiger partial charge in [-0.15, -0.1) is 0 Å². The van der Waals surface area contributed by atoms with Gasteiger partial charge in [-0.25, -0.2) is 4.68 Å². The number of hydrogen-bond acceptors (Lipinski definition) is 3. The highest BCUT2D eigenvalue weighted by atomic mass is 16.2. The molecule has 1 N–H and O–H groups in total. The summed E-state index contributed by atoms with van der Waals surface area (Å²) < 4.78 is 1.90. The van der Waals surface area contributed by atoms with Gasteiger partial charge in [0.2, 0.25) is 5.91 Å². The van der Waals surface area contributed by atoms with Crippen LogP contribution in [0.4, 0.5) is 5.69 Å². The molecule has 3 rings (SSSR count). The molecule has 1 aromatic carbocycles. The van der Waals surface area contributed by atoms with E-state index in [2.05, 4.69) is 60.4 Å². The molecule has 1 aromatic heterocycles. The van der Waals surface area contributed by atoms with E-state index in [9.17, 15) is 4.79 Å². The number of aryl methyl sites for hydroxylation is 2. The Labute approximate surface area is 156 Å². The van der Waals surface area contributed by atoms with E-state index in [1.165, 1.54) is 12.0 Å². The second-order valence-corrected chi connectivity index (χ2v) is 7.98. The molecular weight excluding hydrogens is 324 g/mol. The molecule has 0 spiro atoms. The normalized spacial score (nSPS) is 21.0. The molecule has 1 aliphatic heterocycles. The Balaban J connectivity index is 1.71. The number of benzene rings is 1. The van der Waals surface area contributed by atoms with Crippen LogP contribution in [0.1, 0.15) is 37.2 Å². The van der Waals surface area contributed by atoms with Crippen molar-refractivity contribution in [3.05, 3.63) is 41.2 Å². The fraction of sp³-hybridized carbons (Fsp3) is 0.524. The van der Waals surface area contributed by atoms with E-state index in [1.807, 2.05) is 18.5 Å². The van der Waals surface area contributed by atoms with Gasteiger partial charge in [0.1, 0.15) is 0 Å². The summed E-state index contributed by atoms with van der Waals surface area (Å²) in [7, 11) is 0. The molecule has 2 heterocycles. The van der Waals surface area contributed by atoms with Gasteiger partial charge in [-0.05, 0) is 51.2 Å². The molecule has 5 heteroatoms. The Morgan fingerprint density at radius 3 is 2.35 bits per heavy atom. The number of rotatable bonds is 4. The highest BCUT2D eigenvalue weighted by Gasteiger charge is 2.24. The molecule has 0 bridgehead atoms. The fourth-order valence-corrected chi connectivity index (χ4v) is 4.06. The van der Waals surface area contributed by atoms with Crippen LogP contribution in [-0.4, -0.2) is 40.2 Å². The van der Waals surface area contributed by atoms with Crippen LogP contribution in [0.3, 0.4) is 0 Å². The zero-order valence-corrected chi connectivity index (χ0v) is 16.5. The largest absolute Gasteiger partial charge is 0.322 e. The van der Waals surface area contributed by atoms with Gasteiger partial charge in [0.25, 0.3) is 0 Å². The van der Waals surface area contributed by atoms with Gasteiger partial charge in [0.05, 0.1) is 29.3 Å². The van der Waals surface area contributed by atoms with Crippen molar-refractivity contribution in [2.45, 2.75) is 41.0 Å². The minimum Gasteiger partial charge on any atom is -0.322 e. The number of carbonyl (C=O) groups excluding carboxylic acids is 1. The van der Waals surface area contributed by atoms with Crippen molar-refractivity contribution in [2.75, 3.05) is 25.0 Å².